The summed E-state index contributed by atoms with van der Waals surface area (Å²) in [5.41, 5.74) is 34.4. The van der Waals surface area contributed by atoms with Gasteiger partial charge in [0.05, 0.1) is 0 Å². The van der Waals surface area contributed by atoms with Crippen molar-refractivity contribution in [1.82, 2.24) is 39.9 Å². The Morgan fingerprint density at radius 2 is 0.440 bits per heavy atom. The Kier molecular flexibility index (Phi) is 43.8. The number of hydrogen-bond donors (Lipinski definition) is 0. The predicted octanol–water partition coefficient (Wildman–Crippen LogP) is 30.3. The Bertz CT molecular complexity index is 6130. The summed E-state index contributed by atoms with van der Waals surface area (Å²) >= 11 is 0. The molecule has 20 aromatic rings. The third kappa shape index (κ3) is 33.0. The maximum absolute atomic E-state index is 4.44. The molecule has 12 aromatic carbocycles. The largest absolute Gasteiger partial charge is 0.305 e. The smallest absolute Gasteiger partial charge is 0.0195 e. The predicted molar refractivity (Wildman–Crippen MR) is 537 cm³/mol. The second kappa shape index (κ2) is 56.3. The molecule has 4 radical (unpaired) electrons. The second-order valence-corrected chi connectivity index (χ2v) is 30.9. The Hall–Kier alpha value is -13.6. The van der Waals surface area contributed by atoms with Crippen molar-refractivity contribution in [3.63, 3.8) is 0 Å². The monoisotopic (exact) mass is 2450 g/mol. The van der Waals surface area contributed by atoms with E-state index in [-0.39, 0.29) is 80.4 Å². The molecule has 0 N–H and O–H groups in total. The third-order valence-corrected chi connectivity index (χ3v) is 20.7. The standard InChI is InChI=1S/4C18H14N.C14H14N.C13H12N.C12H10N.C11H8N.4Ir/c4*1-14-7-9-15(10-8-14)17-11-12-19-18(13-17)16-5-3-2-4-6-16;1-11(2)13-8-9-14(15-10-13)12-6-4-3-5-7-12;1-2-11-8-9-13(14-10-11)12-6-4-3-5-7-12;1-10-7-8-12(13-9-10)11-5-3-2-4-6-11;1-2-6-10(7-3-1)11-8-4-5-9-12-11;;;;/h4*2-5,7-13H,1H3;3-6,8-11H,1-2H3;3-6,8-10H,2H2,1H3;2-5,7-9H,1H3;1-6,8-9H;;;;/q8*-1;;;;. The van der Waals surface area contributed by atoms with Crippen LogP contribution in [0.3, 0.4) is 0 Å². The van der Waals surface area contributed by atoms with Crippen LogP contribution in [0.25, 0.3) is 135 Å². The first-order valence-corrected chi connectivity index (χ1v) is 43.4. The van der Waals surface area contributed by atoms with Crippen LogP contribution < -0.4 is 0 Å². The number of hydrogen-bond acceptors (Lipinski definition) is 8. The van der Waals surface area contributed by atoms with Crippen LogP contribution in [-0.4, -0.2) is 39.9 Å². The molecule has 0 fully saturated rings. The van der Waals surface area contributed by atoms with E-state index in [4.69, 9.17) is 0 Å². The summed E-state index contributed by atoms with van der Waals surface area (Å²) in [4.78, 5) is 35.0. The van der Waals surface area contributed by atoms with E-state index in [1.54, 1.807) is 6.20 Å². The third-order valence-electron chi connectivity index (χ3n) is 20.7. The van der Waals surface area contributed by atoms with Crippen LogP contribution in [0.4, 0.5) is 0 Å². The quantitative estimate of drug-likeness (QED) is 0.0992. The number of rotatable bonds is 14. The average molecular weight is 2450 g/mol. The summed E-state index contributed by atoms with van der Waals surface area (Å²) in [6.45, 7) is 16.9. The van der Waals surface area contributed by atoms with Gasteiger partial charge in [0.25, 0.3) is 0 Å². The summed E-state index contributed by atoms with van der Waals surface area (Å²) in [5, 5.41) is 0. The zero-order chi connectivity index (χ0) is 90.1. The van der Waals surface area contributed by atoms with E-state index < -0.39 is 0 Å². The molecule has 0 atom stereocenters. The summed E-state index contributed by atoms with van der Waals surface area (Å²) in [6, 6.07) is 158. The Balaban J connectivity index is 0.000000172. The molecule has 12 heteroatoms. The first kappa shape index (κ1) is 104. The van der Waals surface area contributed by atoms with E-state index in [1.807, 2.05) is 299 Å². The fourth-order valence-electron chi connectivity index (χ4n) is 13.3. The van der Waals surface area contributed by atoms with Crippen LogP contribution in [0.5, 0.6) is 0 Å². The number of benzene rings is 12. The molecule has 0 aliphatic carbocycles. The normalized spacial score (nSPS) is 9.95. The molecule has 0 amide bonds. The van der Waals surface area contributed by atoms with Gasteiger partial charge in [-0.2, -0.15) is 0 Å². The van der Waals surface area contributed by atoms with E-state index in [2.05, 4.69) is 282 Å². The molecule has 0 spiro atoms. The van der Waals surface area contributed by atoms with Gasteiger partial charge < -0.3 is 39.9 Å². The van der Waals surface area contributed by atoms with Gasteiger partial charge in [0.2, 0.25) is 0 Å². The maximum atomic E-state index is 4.44. The molecule has 672 valence electrons. The SMILES string of the molecule is CC(C)c1ccc(-c2[c-]cccc2)nc1.CCc1ccc(-c2[c-]cccc2)nc1.Cc1ccc(-c2[c-]cccc2)nc1.Cc1ccc(-c2ccnc(-c3[c-]cccc3)c2)cc1.Cc1ccc(-c2ccnc(-c3[c-]cccc3)c2)cc1.Cc1ccc(-c2ccnc(-c3[c-]cccc3)c2)cc1.Cc1ccc(-c2ccnc(-c3[c-]cccc3)c2)cc1.[Ir].[Ir].[Ir].[Ir].[c-]1ccccc1-c1ccccn1. The minimum atomic E-state index is 0. The molecule has 8 heterocycles. The zero-order valence-electron chi connectivity index (χ0n) is 75.8. The summed E-state index contributed by atoms with van der Waals surface area (Å²) in [6.07, 6.45) is 16.0. The van der Waals surface area contributed by atoms with Crippen molar-refractivity contribution in [1.29, 1.82) is 0 Å². The fourth-order valence-corrected chi connectivity index (χ4v) is 13.3. The minimum Gasteiger partial charge on any atom is -0.305 e. The van der Waals surface area contributed by atoms with Gasteiger partial charge in [-0.3, -0.25) is 0 Å². The van der Waals surface area contributed by atoms with E-state index in [1.165, 1.54) is 83.5 Å². The van der Waals surface area contributed by atoms with Crippen LogP contribution >= 0.6 is 0 Å². The van der Waals surface area contributed by atoms with Gasteiger partial charge in [-0.1, -0.05) is 213 Å². The van der Waals surface area contributed by atoms with Crippen LogP contribution in [-0.2, 0) is 86.8 Å². The topological polar surface area (TPSA) is 103 Å². The average Bonchev–Trinajstić information content (AvgIpc) is 0.843. The first-order chi connectivity index (χ1) is 63.8. The van der Waals surface area contributed by atoms with E-state index in [0.717, 1.165) is 96.5 Å². The maximum Gasteiger partial charge on any atom is 0.0195 e. The molecular weight excluding hydrogens is 2350 g/mol. The van der Waals surface area contributed by atoms with Crippen molar-refractivity contribution < 1.29 is 80.4 Å². The number of aromatic nitrogens is 8. The Morgan fingerprint density at radius 1 is 0.201 bits per heavy atom. The number of nitrogens with zero attached hydrogens (tertiary/aromatic N) is 8. The van der Waals surface area contributed by atoms with Gasteiger partial charge in [0, 0.05) is 130 Å². The van der Waals surface area contributed by atoms with Gasteiger partial charge >= 0.3 is 0 Å². The van der Waals surface area contributed by atoms with Gasteiger partial charge in [0.15, 0.2) is 0 Å². The van der Waals surface area contributed by atoms with E-state index in [0.29, 0.717) is 5.92 Å². The summed E-state index contributed by atoms with van der Waals surface area (Å²) in [5.74, 6) is 0.534. The minimum absolute atomic E-state index is 0. The van der Waals surface area contributed by atoms with Gasteiger partial charge in [-0.25, -0.2) is 0 Å². The molecule has 20 rings (SSSR count). The van der Waals surface area contributed by atoms with Crippen molar-refractivity contribution >= 4 is 0 Å². The van der Waals surface area contributed by atoms with Gasteiger partial charge in [-0.05, 0) is 184 Å². The molecule has 0 aliphatic heterocycles. The Morgan fingerprint density at radius 3 is 0.657 bits per heavy atom. The van der Waals surface area contributed by atoms with Crippen molar-refractivity contribution in [3.05, 3.63) is 531 Å². The van der Waals surface area contributed by atoms with Crippen molar-refractivity contribution in [2.45, 2.75) is 67.7 Å². The molecule has 8 nitrogen and oxygen atoms in total. The molecule has 0 saturated heterocycles. The molecular formula is C122H100Ir4N8-8. The van der Waals surface area contributed by atoms with Gasteiger partial charge in [0.1, 0.15) is 0 Å². The van der Waals surface area contributed by atoms with Crippen molar-refractivity contribution in [2.75, 3.05) is 0 Å². The molecule has 0 saturated carbocycles. The van der Waals surface area contributed by atoms with E-state index in [9.17, 15) is 0 Å². The van der Waals surface area contributed by atoms with E-state index >= 15 is 0 Å². The van der Waals surface area contributed by atoms with Crippen LogP contribution in [0.2, 0.25) is 0 Å². The number of pyridine rings is 8. The summed E-state index contributed by atoms with van der Waals surface area (Å²) in [7, 11) is 0. The van der Waals surface area contributed by atoms with Crippen LogP contribution in [0.1, 0.15) is 65.6 Å². The fraction of sp³-hybridized carbons (Fsp3) is 0.0820. The van der Waals surface area contributed by atoms with Crippen molar-refractivity contribution in [2.24, 2.45) is 0 Å². The zero-order valence-corrected chi connectivity index (χ0v) is 85.4. The second-order valence-electron chi connectivity index (χ2n) is 30.9. The van der Waals surface area contributed by atoms with Gasteiger partial charge in [-0.15, -0.1) is 287 Å². The van der Waals surface area contributed by atoms with Crippen molar-refractivity contribution in [3.8, 4) is 135 Å². The van der Waals surface area contributed by atoms with Crippen LogP contribution in [0, 0.1) is 83.1 Å². The molecule has 0 bridgehead atoms. The summed E-state index contributed by atoms with van der Waals surface area (Å²) < 4.78 is 0. The molecule has 0 aliphatic rings. The molecule has 134 heavy (non-hydrogen) atoms. The molecule has 0 unspecified atom stereocenters. The number of aryl methyl sites for hydroxylation is 6. The molecule has 8 aromatic heterocycles. The Labute approximate surface area is 846 Å². The van der Waals surface area contributed by atoms with Crippen LogP contribution in [0.15, 0.2) is 444 Å². The first-order valence-electron chi connectivity index (χ1n) is 43.4.